The van der Waals surface area contributed by atoms with Gasteiger partial charge in [0, 0.05) is 20.1 Å². The minimum Gasteiger partial charge on any atom is -0.493 e. The predicted octanol–water partition coefficient (Wildman–Crippen LogP) is 2.00. The number of nitrogens with one attached hydrogen (secondary N) is 1. The summed E-state index contributed by atoms with van der Waals surface area (Å²) in [6, 6.07) is 14.8. The zero-order chi connectivity index (χ0) is 22.2. The highest BCUT2D eigenvalue weighted by Crippen LogP contribution is 2.30. The van der Waals surface area contributed by atoms with Crippen LogP contribution in [0.15, 0.2) is 54.7 Å². The van der Waals surface area contributed by atoms with Gasteiger partial charge in [0.25, 0.3) is 11.8 Å². The summed E-state index contributed by atoms with van der Waals surface area (Å²) in [6.07, 6.45) is 1.57. The van der Waals surface area contributed by atoms with E-state index < -0.39 is 0 Å². The van der Waals surface area contributed by atoms with Crippen LogP contribution in [0.3, 0.4) is 0 Å². The molecular formula is C22H25N5O4. The van der Waals surface area contributed by atoms with E-state index >= 15 is 0 Å². The zero-order valence-electron chi connectivity index (χ0n) is 17.7. The number of para-hydroxylation sites is 1. The fourth-order valence-electron chi connectivity index (χ4n) is 3.08. The minimum absolute atomic E-state index is 0.222. The Morgan fingerprint density at radius 2 is 1.84 bits per heavy atom. The molecule has 0 aliphatic heterocycles. The maximum absolute atomic E-state index is 12.6. The largest absolute Gasteiger partial charge is 0.493 e. The van der Waals surface area contributed by atoms with Crippen molar-refractivity contribution in [2.24, 2.45) is 0 Å². The van der Waals surface area contributed by atoms with Crippen molar-refractivity contribution in [3.05, 3.63) is 71.5 Å². The van der Waals surface area contributed by atoms with E-state index in [2.05, 4.69) is 15.6 Å². The van der Waals surface area contributed by atoms with Gasteiger partial charge in [0.05, 0.1) is 32.5 Å². The summed E-state index contributed by atoms with van der Waals surface area (Å²) in [6.45, 7) is 1.14. The number of hydrogen-bond acceptors (Lipinski definition) is 6. The number of benzene rings is 2. The first-order valence-corrected chi connectivity index (χ1v) is 9.72. The highest BCUT2D eigenvalue weighted by atomic mass is 16.5. The van der Waals surface area contributed by atoms with Crippen LogP contribution in [0.2, 0.25) is 0 Å². The maximum atomic E-state index is 12.6. The quantitative estimate of drug-likeness (QED) is 0.565. The molecule has 1 heterocycles. The molecule has 0 atom stereocenters. The summed E-state index contributed by atoms with van der Waals surface area (Å²) in [5.41, 5.74) is 1.65. The van der Waals surface area contributed by atoms with Gasteiger partial charge in [-0.2, -0.15) is 0 Å². The first-order chi connectivity index (χ1) is 15.0. The van der Waals surface area contributed by atoms with E-state index in [0.29, 0.717) is 36.7 Å². The number of carbonyl (C=O) groups is 2. The first kappa shape index (κ1) is 21.8. The molecule has 0 aliphatic carbocycles. The van der Waals surface area contributed by atoms with Crippen LogP contribution >= 0.6 is 0 Å². The minimum atomic E-state index is -0.297. The van der Waals surface area contributed by atoms with E-state index in [0.717, 1.165) is 5.56 Å². The standard InChI is InChI=1S/C22H25N5O4/c1-26(14-16-8-5-4-6-9-16)22(29)18-15-27(25-24-18)13-12-23-21(28)17-10-7-11-19(30-2)20(17)31-3/h4-11,15H,12-14H2,1-3H3,(H,23,28). The van der Waals surface area contributed by atoms with E-state index in [-0.39, 0.29) is 17.5 Å². The normalized spacial score (nSPS) is 10.4. The Kier molecular flexibility index (Phi) is 7.21. The van der Waals surface area contributed by atoms with Crippen LogP contribution in [-0.2, 0) is 13.1 Å². The Morgan fingerprint density at radius 3 is 2.55 bits per heavy atom. The molecule has 2 amide bonds. The van der Waals surface area contributed by atoms with Gasteiger partial charge in [-0.3, -0.25) is 9.59 Å². The summed E-state index contributed by atoms with van der Waals surface area (Å²) in [5.74, 6) is 0.335. The molecule has 0 unspecified atom stereocenters. The second kappa shape index (κ2) is 10.2. The molecule has 2 aromatic carbocycles. The lowest BCUT2D eigenvalue weighted by Crippen LogP contribution is -2.28. The number of hydrogen-bond donors (Lipinski definition) is 1. The van der Waals surface area contributed by atoms with E-state index in [9.17, 15) is 9.59 Å². The molecule has 3 aromatic rings. The molecular weight excluding hydrogens is 398 g/mol. The molecule has 3 rings (SSSR count). The van der Waals surface area contributed by atoms with E-state index in [1.165, 1.54) is 18.9 Å². The summed E-state index contributed by atoms with van der Waals surface area (Å²) in [4.78, 5) is 26.7. The number of amides is 2. The van der Waals surface area contributed by atoms with Crippen molar-refractivity contribution in [1.82, 2.24) is 25.2 Å². The van der Waals surface area contributed by atoms with E-state index in [1.807, 2.05) is 30.3 Å². The van der Waals surface area contributed by atoms with Crippen molar-refractivity contribution in [3.63, 3.8) is 0 Å². The number of methoxy groups -OCH3 is 2. The summed E-state index contributed by atoms with van der Waals surface area (Å²) in [5, 5.41) is 10.7. The predicted molar refractivity (Wildman–Crippen MR) is 114 cm³/mol. The average molecular weight is 423 g/mol. The van der Waals surface area contributed by atoms with Crippen molar-refractivity contribution in [1.29, 1.82) is 0 Å². The number of nitrogens with zero attached hydrogens (tertiary/aromatic N) is 4. The molecule has 162 valence electrons. The number of ether oxygens (including phenoxy) is 2. The average Bonchev–Trinajstić information content (AvgIpc) is 3.27. The second-order valence-electron chi connectivity index (χ2n) is 6.81. The van der Waals surface area contributed by atoms with Gasteiger partial charge in [-0.05, 0) is 17.7 Å². The van der Waals surface area contributed by atoms with Crippen LogP contribution in [0.5, 0.6) is 11.5 Å². The lowest BCUT2D eigenvalue weighted by molar-refractivity contribution is 0.0778. The van der Waals surface area contributed by atoms with Gasteiger partial charge in [-0.25, -0.2) is 4.68 Å². The van der Waals surface area contributed by atoms with Gasteiger partial charge in [0.15, 0.2) is 17.2 Å². The van der Waals surface area contributed by atoms with Gasteiger partial charge in [-0.1, -0.05) is 41.6 Å². The van der Waals surface area contributed by atoms with Crippen LogP contribution in [0.1, 0.15) is 26.4 Å². The molecule has 1 aromatic heterocycles. The lowest BCUT2D eigenvalue weighted by Gasteiger charge is -2.15. The van der Waals surface area contributed by atoms with E-state index in [4.69, 9.17) is 9.47 Å². The molecule has 1 N–H and O–H groups in total. The third kappa shape index (κ3) is 5.39. The van der Waals surface area contributed by atoms with Crippen LogP contribution < -0.4 is 14.8 Å². The Balaban J connectivity index is 1.55. The SMILES string of the molecule is COc1cccc(C(=O)NCCn2cc(C(=O)N(C)Cc3ccccc3)nn2)c1OC. The van der Waals surface area contributed by atoms with Gasteiger partial charge in [0.2, 0.25) is 0 Å². The van der Waals surface area contributed by atoms with Crippen LogP contribution in [-0.4, -0.2) is 59.5 Å². The van der Waals surface area contributed by atoms with Crippen molar-refractivity contribution < 1.29 is 19.1 Å². The summed E-state index contributed by atoms with van der Waals surface area (Å²) in [7, 11) is 4.72. The van der Waals surface area contributed by atoms with Crippen molar-refractivity contribution in [3.8, 4) is 11.5 Å². The van der Waals surface area contributed by atoms with Gasteiger partial charge in [-0.15, -0.1) is 5.10 Å². The van der Waals surface area contributed by atoms with Gasteiger partial charge >= 0.3 is 0 Å². The third-order valence-corrected chi connectivity index (χ3v) is 4.64. The van der Waals surface area contributed by atoms with Crippen molar-refractivity contribution >= 4 is 11.8 Å². The number of carbonyl (C=O) groups excluding carboxylic acids is 2. The molecule has 9 nitrogen and oxygen atoms in total. The molecule has 0 fully saturated rings. The monoisotopic (exact) mass is 423 g/mol. The zero-order valence-corrected chi connectivity index (χ0v) is 17.7. The fourth-order valence-corrected chi connectivity index (χ4v) is 3.08. The Hall–Kier alpha value is -3.88. The molecule has 0 spiro atoms. The van der Waals surface area contributed by atoms with Crippen LogP contribution in [0.4, 0.5) is 0 Å². The Labute approximate surface area is 180 Å². The molecule has 0 radical (unpaired) electrons. The van der Waals surface area contributed by atoms with Crippen LogP contribution in [0, 0.1) is 0 Å². The fraction of sp³-hybridized carbons (Fsp3) is 0.273. The third-order valence-electron chi connectivity index (χ3n) is 4.64. The van der Waals surface area contributed by atoms with Gasteiger partial charge < -0.3 is 19.7 Å². The van der Waals surface area contributed by atoms with Crippen molar-refractivity contribution in [2.75, 3.05) is 27.8 Å². The smallest absolute Gasteiger partial charge is 0.276 e. The second-order valence-corrected chi connectivity index (χ2v) is 6.81. The Morgan fingerprint density at radius 1 is 1.06 bits per heavy atom. The first-order valence-electron chi connectivity index (χ1n) is 9.72. The lowest BCUT2D eigenvalue weighted by atomic mass is 10.1. The highest BCUT2D eigenvalue weighted by molar-refractivity contribution is 5.97. The van der Waals surface area contributed by atoms with Gasteiger partial charge in [0.1, 0.15) is 0 Å². The molecule has 9 heteroatoms. The molecule has 0 saturated carbocycles. The molecule has 0 bridgehead atoms. The maximum Gasteiger partial charge on any atom is 0.276 e. The molecule has 31 heavy (non-hydrogen) atoms. The molecule has 0 saturated heterocycles. The molecule has 0 aliphatic rings. The summed E-state index contributed by atoms with van der Waals surface area (Å²) >= 11 is 0. The van der Waals surface area contributed by atoms with E-state index in [1.54, 1.807) is 36.3 Å². The number of aromatic nitrogens is 3. The van der Waals surface area contributed by atoms with Crippen LogP contribution in [0.25, 0.3) is 0 Å². The number of rotatable bonds is 9. The highest BCUT2D eigenvalue weighted by Gasteiger charge is 2.17. The topological polar surface area (TPSA) is 98.6 Å². The Bertz CT molecular complexity index is 1040. The summed E-state index contributed by atoms with van der Waals surface area (Å²) < 4.78 is 12.0. The van der Waals surface area contributed by atoms with Crippen molar-refractivity contribution in [2.45, 2.75) is 13.1 Å².